The first-order valence-corrected chi connectivity index (χ1v) is 12.9. The molecule has 0 saturated heterocycles. The number of nitrogens with one attached hydrogen (secondary N) is 2. The fourth-order valence-corrected chi connectivity index (χ4v) is 4.57. The van der Waals surface area contributed by atoms with Gasteiger partial charge in [0.1, 0.15) is 0 Å². The third kappa shape index (κ3) is 6.16. The molecule has 236 valence electrons. The fraction of sp³-hybridized carbons (Fsp3) is 0.259. The Labute approximate surface area is 248 Å². The van der Waals surface area contributed by atoms with E-state index < -0.39 is 23.7 Å². The molecular weight excluding hydrogens is 614 g/mol. The summed E-state index contributed by atoms with van der Waals surface area (Å²) in [5.74, 6) is 0.105. The van der Waals surface area contributed by atoms with Gasteiger partial charge in [-0.2, -0.15) is 55.8 Å². The van der Waals surface area contributed by atoms with Crippen molar-refractivity contribution in [2.75, 3.05) is 14.2 Å². The van der Waals surface area contributed by atoms with Gasteiger partial charge in [-0.05, 0) is 36.8 Å². The van der Waals surface area contributed by atoms with E-state index in [4.69, 9.17) is 9.47 Å². The van der Waals surface area contributed by atoms with Gasteiger partial charge in [-0.15, -0.1) is 0 Å². The number of ether oxygens (including phenoxy) is 2. The van der Waals surface area contributed by atoms with E-state index in [2.05, 4.69) is 30.9 Å². The Morgan fingerprint density at radius 3 is 1.78 bits per heavy atom. The molecule has 0 spiro atoms. The molecule has 0 aliphatic carbocycles. The molecule has 0 unspecified atom stereocenters. The average Bonchev–Trinajstić information content (AvgIpc) is 3.64. The van der Waals surface area contributed by atoms with Crippen LogP contribution in [0.4, 0.5) is 26.3 Å². The van der Waals surface area contributed by atoms with E-state index >= 15 is 0 Å². The summed E-state index contributed by atoms with van der Waals surface area (Å²) in [6.07, 6.45) is -8.56. The van der Waals surface area contributed by atoms with Crippen molar-refractivity contribution < 1.29 is 40.6 Å². The molecule has 2 N–H and O–H groups in total. The second kappa shape index (κ2) is 11.6. The lowest BCUT2D eigenvalue weighted by Crippen LogP contribution is -2.26. The van der Waals surface area contributed by atoms with E-state index in [1.165, 1.54) is 32.4 Å². The number of aromatic nitrogens is 6. The minimum absolute atomic E-state index is 0.154. The Kier molecular flexibility index (Phi) is 7.99. The third-order valence-corrected chi connectivity index (χ3v) is 6.64. The van der Waals surface area contributed by atoms with E-state index in [-0.39, 0.29) is 40.7 Å². The van der Waals surface area contributed by atoms with Gasteiger partial charge in [0.15, 0.2) is 11.4 Å². The normalized spacial score (nSPS) is 13.7. The Morgan fingerprint density at radius 2 is 1.31 bits per heavy atom. The summed E-state index contributed by atoms with van der Waals surface area (Å²) in [4.78, 5) is 22.4. The van der Waals surface area contributed by atoms with Crippen LogP contribution >= 0.6 is 0 Å². The van der Waals surface area contributed by atoms with Crippen LogP contribution < -0.4 is 20.5 Å². The lowest BCUT2D eigenvalue weighted by molar-refractivity contribution is -0.142. The van der Waals surface area contributed by atoms with Gasteiger partial charge in [-0.25, -0.2) is 10.5 Å². The first kappa shape index (κ1) is 31.0. The quantitative estimate of drug-likeness (QED) is 0.279. The summed E-state index contributed by atoms with van der Waals surface area (Å²) in [5.41, 5.74) is 2.58. The van der Waals surface area contributed by atoms with Gasteiger partial charge in [0, 0.05) is 42.2 Å². The van der Waals surface area contributed by atoms with Crippen molar-refractivity contribution >= 4 is 22.7 Å². The lowest BCUT2D eigenvalue weighted by Gasteiger charge is -2.13. The number of aryl methyl sites for hydroxylation is 1. The number of alkyl halides is 6. The molecule has 1 aliphatic rings. The number of H-pyrrole nitrogens is 1. The van der Waals surface area contributed by atoms with Crippen molar-refractivity contribution in [3.63, 3.8) is 0 Å². The van der Waals surface area contributed by atoms with Crippen LogP contribution in [0.2, 0.25) is 0 Å². The fourth-order valence-electron chi connectivity index (χ4n) is 4.57. The smallest absolute Gasteiger partial charge is 0.435 e. The topological polar surface area (TPSA) is 140 Å². The molecule has 0 aromatic carbocycles. The molecule has 0 saturated carbocycles. The summed E-state index contributed by atoms with van der Waals surface area (Å²) in [5, 5.41) is 17.2. The molecule has 0 atom stereocenters. The highest BCUT2D eigenvalue weighted by atomic mass is 19.4. The van der Waals surface area contributed by atoms with Crippen molar-refractivity contribution in [3.8, 4) is 23.0 Å². The zero-order valence-corrected chi connectivity index (χ0v) is 23.5. The number of carbonyl (C=O) groups is 1. The summed E-state index contributed by atoms with van der Waals surface area (Å²) in [6.45, 7) is 1.65. The van der Waals surface area contributed by atoms with E-state index in [1.807, 2.05) is 0 Å². The first-order chi connectivity index (χ1) is 21.2. The molecule has 1 aliphatic heterocycles. The minimum atomic E-state index is -4.58. The van der Waals surface area contributed by atoms with Gasteiger partial charge in [-0.3, -0.25) is 9.59 Å². The second-order valence-corrected chi connectivity index (χ2v) is 9.58. The molecular formula is C27H22F6N8O4. The lowest BCUT2D eigenvalue weighted by atomic mass is 10.0. The SMILES string of the molecule is COc1ccc(-c2n[nH]c(=O)cc2C)c2cc(C(F)(F)F)nn12.COc1ccc(C2=NNC(=O)CC2)c2cc(C(F)(F)F)nn12. The van der Waals surface area contributed by atoms with Crippen LogP contribution in [0.3, 0.4) is 0 Å². The number of fused-ring (bicyclic) bond motifs is 2. The number of rotatable bonds is 4. The van der Waals surface area contributed by atoms with Gasteiger partial charge in [0.25, 0.3) is 5.56 Å². The molecule has 45 heavy (non-hydrogen) atoms. The van der Waals surface area contributed by atoms with Gasteiger partial charge in [0.05, 0.1) is 36.7 Å². The van der Waals surface area contributed by atoms with E-state index in [0.717, 1.165) is 21.2 Å². The van der Waals surface area contributed by atoms with Gasteiger partial charge in [-0.1, -0.05) is 0 Å². The van der Waals surface area contributed by atoms with Gasteiger partial charge in [0.2, 0.25) is 17.7 Å². The van der Waals surface area contributed by atoms with Gasteiger partial charge < -0.3 is 9.47 Å². The standard InChI is InChI=1S/C14H11F3N4O2.C13H11F3N4O2/c1-7-5-11(22)18-19-13(7)8-3-4-12(23-2)21-9(8)6-10(20-21)14(15,16)17;1-22-12-5-2-7(8-3-4-11(21)18-17-8)9-6-10(13(14,15)16)19-20(9)12/h3-6H,1-2H3,(H,18,22);2,5-6H,3-4H2,1H3,(H,18,21). The third-order valence-electron chi connectivity index (χ3n) is 6.64. The molecule has 18 heteroatoms. The molecule has 0 bridgehead atoms. The summed E-state index contributed by atoms with van der Waals surface area (Å²) in [7, 11) is 2.69. The maximum Gasteiger partial charge on any atom is 0.435 e. The Hall–Kier alpha value is -5.42. The molecule has 6 rings (SSSR count). The maximum absolute atomic E-state index is 12.9. The molecule has 0 radical (unpaired) electrons. The largest absolute Gasteiger partial charge is 0.481 e. The Balaban J connectivity index is 0.000000178. The molecule has 12 nitrogen and oxygen atoms in total. The number of aromatic amines is 1. The zero-order chi connectivity index (χ0) is 32.7. The van der Waals surface area contributed by atoms with Crippen LogP contribution in [0.15, 0.2) is 52.4 Å². The van der Waals surface area contributed by atoms with E-state index in [0.29, 0.717) is 34.5 Å². The van der Waals surface area contributed by atoms with Crippen molar-refractivity contribution in [1.82, 2.24) is 34.9 Å². The van der Waals surface area contributed by atoms with Crippen LogP contribution in [-0.4, -0.2) is 55.3 Å². The highest BCUT2D eigenvalue weighted by Crippen LogP contribution is 2.35. The van der Waals surface area contributed by atoms with Crippen molar-refractivity contribution in [3.05, 3.63) is 75.3 Å². The van der Waals surface area contributed by atoms with Crippen molar-refractivity contribution in [2.45, 2.75) is 32.1 Å². The number of nitrogens with zero attached hydrogens (tertiary/aromatic N) is 6. The molecule has 5 aromatic rings. The molecule has 1 amide bonds. The predicted molar refractivity (Wildman–Crippen MR) is 146 cm³/mol. The van der Waals surface area contributed by atoms with E-state index in [9.17, 15) is 35.9 Å². The highest BCUT2D eigenvalue weighted by molar-refractivity contribution is 6.08. The number of carbonyl (C=O) groups excluding carboxylic acids is 1. The second-order valence-electron chi connectivity index (χ2n) is 9.58. The number of amides is 1. The van der Waals surface area contributed by atoms with Gasteiger partial charge >= 0.3 is 12.4 Å². The number of hydrazone groups is 1. The molecule has 5 aromatic heterocycles. The van der Waals surface area contributed by atoms with Crippen LogP contribution in [0.25, 0.3) is 22.3 Å². The van der Waals surface area contributed by atoms with E-state index in [1.54, 1.807) is 19.1 Å². The van der Waals surface area contributed by atoms with Crippen molar-refractivity contribution in [2.24, 2.45) is 5.10 Å². The number of pyridine rings is 2. The molecule has 0 fully saturated rings. The monoisotopic (exact) mass is 636 g/mol. The Morgan fingerprint density at radius 1 is 0.778 bits per heavy atom. The minimum Gasteiger partial charge on any atom is -0.481 e. The number of hydrogen-bond donors (Lipinski definition) is 2. The van der Waals surface area contributed by atoms with Crippen molar-refractivity contribution in [1.29, 1.82) is 0 Å². The van der Waals surface area contributed by atoms with Crippen LogP contribution in [-0.2, 0) is 17.1 Å². The summed E-state index contributed by atoms with van der Waals surface area (Å²) >= 11 is 0. The van der Waals surface area contributed by atoms with Crippen LogP contribution in [0.5, 0.6) is 11.8 Å². The summed E-state index contributed by atoms with van der Waals surface area (Å²) < 4.78 is 89.7. The number of hydrogen-bond acceptors (Lipinski definition) is 8. The first-order valence-electron chi connectivity index (χ1n) is 12.9. The van der Waals surface area contributed by atoms with Crippen LogP contribution in [0.1, 0.15) is 35.4 Å². The van der Waals surface area contributed by atoms with Crippen LogP contribution in [0, 0.1) is 6.92 Å². The Bertz CT molecular complexity index is 2010. The number of halogens is 6. The zero-order valence-electron chi connectivity index (χ0n) is 23.5. The average molecular weight is 637 g/mol. The maximum atomic E-state index is 12.9. The summed E-state index contributed by atoms with van der Waals surface area (Å²) in [6, 6.07) is 9.36. The predicted octanol–water partition coefficient (Wildman–Crippen LogP) is 4.40. The number of methoxy groups -OCH3 is 2. The highest BCUT2D eigenvalue weighted by Gasteiger charge is 2.36. The molecule has 6 heterocycles.